The van der Waals surface area contributed by atoms with Gasteiger partial charge in [0.2, 0.25) is 0 Å². The molecule has 0 atom stereocenters. The topological polar surface area (TPSA) is 20.2 Å². The molecule has 0 saturated carbocycles. The number of aliphatic hydroxyl groups is 1. The van der Waals surface area contributed by atoms with Gasteiger partial charge in [-0.05, 0) is 36.3 Å². The molecule has 0 amide bonds. The zero-order valence-electron chi connectivity index (χ0n) is 6.84. The molecule has 1 aromatic heterocycles. The maximum Gasteiger partial charge on any atom is 0.0434 e. The second kappa shape index (κ2) is 4.52. The molecule has 2 heteroatoms. The van der Waals surface area contributed by atoms with Gasteiger partial charge in [0.05, 0.1) is 0 Å². The van der Waals surface area contributed by atoms with Gasteiger partial charge in [0, 0.05) is 11.5 Å². The Morgan fingerprint density at radius 2 is 2.36 bits per heavy atom. The molecular formula is C9H14OS. The van der Waals surface area contributed by atoms with Gasteiger partial charge in [-0.15, -0.1) is 11.3 Å². The molecule has 11 heavy (non-hydrogen) atoms. The summed E-state index contributed by atoms with van der Waals surface area (Å²) in [5.41, 5.74) is 1.45. The van der Waals surface area contributed by atoms with Crippen molar-refractivity contribution in [3.63, 3.8) is 0 Å². The van der Waals surface area contributed by atoms with Crippen LogP contribution in [0.25, 0.3) is 0 Å². The fourth-order valence-electron chi connectivity index (χ4n) is 1.14. The van der Waals surface area contributed by atoms with Gasteiger partial charge < -0.3 is 5.11 Å². The Morgan fingerprint density at radius 1 is 1.55 bits per heavy atom. The van der Waals surface area contributed by atoms with Gasteiger partial charge in [-0.3, -0.25) is 0 Å². The van der Waals surface area contributed by atoms with E-state index in [1.807, 2.05) is 0 Å². The maximum absolute atomic E-state index is 8.63. The first-order valence-electron chi connectivity index (χ1n) is 4.04. The largest absolute Gasteiger partial charge is 0.396 e. The third-order valence-electron chi connectivity index (χ3n) is 1.78. The lowest BCUT2D eigenvalue weighted by molar-refractivity contribution is 0.289. The fourth-order valence-corrected chi connectivity index (χ4v) is 2.16. The van der Waals surface area contributed by atoms with E-state index in [2.05, 4.69) is 18.4 Å². The predicted octanol–water partition coefficient (Wildman–Crippen LogP) is 2.24. The van der Waals surface area contributed by atoms with Crippen molar-refractivity contribution < 1.29 is 5.11 Å². The molecule has 1 aromatic rings. The van der Waals surface area contributed by atoms with Crippen molar-refractivity contribution in [2.75, 3.05) is 6.61 Å². The number of thiophene rings is 1. The summed E-state index contributed by atoms with van der Waals surface area (Å²) >= 11 is 1.80. The van der Waals surface area contributed by atoms with Crippen molar-refractivity contribution in [1.29, 1.82) is 0 Å². The first-order chi connectivity index (χ1) is 5.38. The van der Waals surface area contributed by atoms with Crippen LogP contribution in [0.5, 0.6) is 0 Å². The van der Waals surface area contributed by atoms with Crippen LogP contribution in [0, 0.1) is 0 Å². The summed E-state index contributed by atoms with van der Waals surface area (Å²) in [5, 5.41) is 10.8. The highest BCUT2D eigenvalue weighted by Gasteiger charge is 2.00. The molecule has 0 spiro atoms. The molecule has 1 heterocycles. The summed E-state index contributed by atoms with van der Waals surface area (Å²) in [5.74, 6) is 0. The van der Waals surface area contributed by atoms with Gasteiger partial charge in [0.25, 0.3) is 0 Å². The van der Waals surface area contributed by atoms with Crippen molar-refractivity contribution >= 4 is 11.3 Å². The molecule has 1 N–H and O–H groups in total. The highest BCUT2D eigenvalue weighted by atomic mass is 32.1. The summed E-state index contributed by atoms with van der Waals surface area (Å²) in [6.07, 6.45) is 3.05. The highest BCUT2D eigenvalue weighted by molar-refractivity contribution is 7.10. The van der Waals surface area contributed by atoms with E-state index >= 15 is 0 Å². The molecule has 0 fully saturated rings. The van der Waals surface area contributed by atoms with E-state index in [9.17, 15) is 0 Å². The van der Waals surface area contributed by atoms with E-state index in [1.165, 1.54) is 10.4 Å². The molecule has 1 nitrogen and oxygen atoms in total. The molecule has 0 aliphatic rings. The number of hydrogen-bond donors (Lipinski definition) is 1. The van der Waals surface area contributed by atoms with Gasteiger partial charge in [-0.25, -0.2) is 0 Å². The van der Waals surface area contributed by atoms with Crippen LogP contribution in [0.15, 0.2) is 11.4 Å². The molecule has 0 bridgehead atoms. The molecule has 0 aliphatic heterocycles. The smallest absolute Gasteiger partial charge is 0.0434 e. The predicted molar refractivity (Wildman–Crippen MR) is 49.1 cm³/mol. The quantitative estimate of drug-likeness (QED) is 0.734. The Kier molecular flexibility index (Phi) is 3.60. The van der Waals surface area contributed by atoms with E-state index in [1.54, 1.807) is 11.3 Å². The van der Waals surface area contributed by atoms with E-state index in [0.717, 1.165) is 19.3 Å². The van der Waals surface area contributed by atoms with Crippen LogP contribution >= 0.6 is 11.3 Å². The van der Waals surface area contributed by atoms with E-state index in [-0.39, 0.29) is 0 Å². The van der Waals surface area contributed by atoms with Crippen LogP contribution in [-0.4, -0.2) is 11.7 Å². The summed E-state index contributed by atoms with van der Waals surface area (Å²) in [7, 11) is 0. The van der Waals surface area contributed by atoms with Crippen molar-refractivity contribution in [1.82, 2.24) is 0 Å². The fraction of sp³-hybridized carbons (Fsp3) is 0.556. The van der Waals surface area contributed by atoms with Crippen LogP contribution in [0.3, 0.4) is 0 Å². The molecule has 0 unspecified atom stereocenters. The average molecular weight is 170 g/mol. The van der Waals surface area contributed by atoms with Crippen LogP contribution in [0.4, 0.5) is 0 Å². The van der Waals surface area contributed by atoms with Crippen LogP contribution < -0.4 is 0 Å². The summed E-state index contributed by atoms with van der Waals surface area (Å²) in [6.45, 7) is 2.48. The van der Waals surface area contributed by atoms with Crippen LogP contribution in [0.1, 0.15) is 23.8 Å². The SMILES string of the molecule is CCc1ccsc1CCCO. The van der Waals surface area contributed by atoms with Crippen LogP contribution in [0.2, 0.25) is 0 Å². The molecule has 0 saturated heterocycles. The number of aryl methyl sites for hydroxylation is 2. The normalized spacial score (nSPS) is 10.4. The van der Waals surface area contributed by atoms with Crippen molar-refractivity contribution in [3.05, 3.63) is 21.9 Å². The summed E-state index contributed by atoms with van der Waals surface area (Å²) < 4.78 is 0. The molecule has 0 aromatic carbocycles. The molecule has 0 aliphatic carbocycles. The number of rotatable bonds is 4. The minimum Gasteiger partial charge on any atom is -0.396 e. The first kappa shape index (κ1) is 8.75. The Labute approximate surface area is 71.7 Å². The minimum atomic E-state index is 0.307. The lowest BCUT2D eigenvalue weighted by Gasteiger charge is -1.98. The molecule has 62 valence electrons. The zero-order valence-corrected chi connectivity index (χ0v) is 7.66. The number of aliphatic hydroxyl groups excluding tert-OH is 1. The van der Waals surface area contributed by atoms with Gasteiger partial charge in [-0.1, -0.05) is 6.92 Å². The molecule has 0 radical (unpaired) electrons. The number of hydrogen-bond acceptors (Lipinski definition) is 2. The standard InChI is InChI=1S/C9H14OS/c1-2-8-5-7-11-9(8)4-3-6-10/h5,7,10H,2-4,6H2,1H3. The van der Waals surface area contributed by atoms with Crippen molar-refractivity contribution in [3.8, 4) is 0 Å². The van der Waals surface area contributed by atoms with Crippen molar-refractivity contribution in [2.45, 2.75) is 26.2 Å². The average Bonchev–Trinajstić information content (AvgIpc) is 2.47. The van der Waals surface area contributed by atoms with Crippen molar-refractivity contribution in [2.24, 2.45) is 0 Å². The monoisotopic (exact) mass is 170 g/mol. The van der Waals surface area contributed by atoms with Gasteiger partial charge in [-0.2, -0.15) is 0 Å². The Bertz CT molecular complexity index is 205. The van der Waals surface area contributed by atoms with E-state index in [0.29, 0.717) is 6.61 Å². The summed E-state index contributed by atoms with van der Waals surface area (Å²) in [6, 6.07) is 2.18. The van der Waals surface area contributed by atoms with Gasteiger partial charge >= 0.3 is 0 Å². The van der Waals surface area contributed by atoms with Gasteiger partial charge in [0.15, 0.2) is 0 Å². The second-order valence-electron chi connectivity index (χ2n) is 2.55. The third kappa shape index (κ3) is 2.31. The van der Waals surface area contributed by atoms with E-state index in [4.69, 9.17) is 5.11 Å². The van der Waals surface area contributed by atoms with Crippen LogP contribution in [-0.2, 0) is 12.8 Å². The third-order valence-corrected chi connectivity index (χ3v) is 2.80. The Balaban J connectivity index is 2.54. The Hall–Kier alpha value is -0.340. The molecule has 1 rings (SSSR count). The highest BCUT2D eigenvalue weighted by Crippen LogP contribution is 2.18. The second-order valence-corrected chi connectivity index (χ2v) is 3.55. The molecular weight excluding hydrogens is 156 g/mol. The minimum absolute atomic E-state index is 0.307. The zero-order chi connectivity index (χ0) is 8.10. The summed E-state index contributed by atoms with van der Waals surface area (Å²) in [4.78, 5) is 1.45. The lowest BCUT2D eigenvalue weighted by atomic mass is 10.1. The first-order valence-corrected chi connectivity index (χ1v) is 4.92. The maximum atomic E-state index is 8.63. The Morgan fingerprint density at radius 3 is 3.00 bits per heavy atom. The van der Waals surface area contributed by atoms with E-state index < -0.39 is 0 Å². The lowest BCUT2D eigenvalue weighted by Crippen LogP contribution is -1.89. The van der Waals surface area contributed by atoms with Gasteiger partial charge in [0.1, 0.15) is 0 Å².